The molecular weight excluding hydrogens is 488 g/mol. The standard InChI is InChI=1S/C27H24N6OS2/c1-3-30-20-11-9-18(15-28)13-21(20)31-27-33(16-17-7-5-4-6-8-17)25(34)24(36-27)26-32(2)22-14-19(29)10-12-23(22)35-26/h4-14,30H,3,16,29H2,1-2H3/b26-24-,31-27?. The summed E-state index contributed by atoms with van der Waals surface area (Å²) in [4.78, 5) is 24.1. The number of fused-ring (bicyclic) bond motifs is 1. The highest BCUT2D eigenvalue weighted by Gasteiger charge is 2.39. The van der Waals surface area contributed by atoms with Gasteiger partial charge >= 0.3 is 0 Å². The van der Waals surface area contributed by atoms with E-state index in [1.807, 2.05) is 73.5 Å². The second kappa shape index (κ2) is 10.0. The van der Waals surface area contributed by atoms with Crippen molar-refractivity contribution in [2.45, 2.75) is 18.4 Å². The fourth-order valence-corrected chi connectivity index (χ4v) is 6.34. The molecule has 0 bridgehead atoms. The van der Waals surface area contributed by atoms with Gasteiger partial charge < -0.3 is 16.0 Å². The Kier molecular flexibility index (Phi) is 6.63. The van der Waals surface area contributed by atoms with E-state index in [0.29, 0.717) is 40.1 Å². The molecule has 0 radical (unpaired) electrons. The van der Waals surface area contributed by atoms with Crippen LogP contribution in [0.4, 0.5) is 22.7 Å². The number of benzene rings is 3. The number of nitrogens with two attached hydrogens (primary N) is 1. The SMILES string of the molecule is CCNc1ccc(C#N)cc1N=C1S/C(=C2\Sc3ccc(N)cc3N2C)C(=O)N1Cc1ccccc1. The molecule has 0 unspecified atom stereocenters. The van der Waals surface area contributed by atoms with Crippen LogP contribution in [-0.4, -0.2) is 29.6 Å². The Balaban J connectivity index is 1.59. The highest BCUT2D eigenvalue weighted by atomic mass is 32.2. The average Bonchev–Trinajstić information content (AvgIpc) is 3.37. The van der Waals surface area contributed by atoms with E-state index in [-0.39, 0.29) is 5.91 Å². The molecule has 0 saturated carbocycles. The number of nitriles is 1. The van der Waals surface area contributed by atoms with Gasteiger partial charge in [-0.15, -0.1) is 0 Å². The molecule has 3 aromatic carbocycles. The molecule has 0 aromatic heterocycles. The minimum atomic E-state index is -0.0980. The van der Waals surface area contributed by atoms with Gasteiger partial charge in [-0.3, -0.25) is 9.69 Å². The maximum absolute atomic E-state index is 13.8. The third-order valence-corrected chi connectivity index (χ3v) is 8.24. The molecule has 1 fully saturated rings. The molecule has 2 aliphatic rings. The molecular formula is C27H24N6OS2. The number of rotatable bonds is 5. The van der Waals surface area contributed by atoms with E-state index in [2.05, 4.69) is 11.4 Å². The third kappa shape index (κ3) is 4.53. The molecule has 1 amide bonds. The number of carbonyl (C=O) groups excluding carboxylic acids is 1. The lowest BCUT2D eigenvalue weighted by atomic mass is 10.2. The quantitative estimate of drug-likeness (QED) is 0.332. The topological polar surface area (TPSA) is 97.7 Å². The molecule has 0 spiro atoms. The van der Waals surface area contributed by atoms with E-state index in [4.69, 9.17) is 10.7 Å². The second-order valence-corrected chi connectivity index (χ2v) is 10.3. The Morgan fingerprint density at radius 1 is 1.08 bits per heavy atom. The van der Waals surface area contributed by atoms with Crippen LogP contribution in [0.2, 0.25) is 0 Å². The highest BCUT2D eigenvalue weighted by molar-refractivity contribution is 8.19. The molecule has 2 aliphatic heterocycles. The van der Waals surface area contributed by atoms with E-state index in [0.717, 1.165) is 26.9 Å². The molecule has 180 valence electrons. The minimum absolute atomic E-state index is 0.0980. The Hall–Kier alpha value is -3.87. The zero-order valence-electron chi connectivity index (χ0n) is 19.9. The number of hydrogen-bond acceptors (Lipinski definition) is 8. The summed E-state index contributed by atoms with van der Waals surface area (Å²) in [5.41, 5.74) is 10.6. The van der Waals surface area contributed by atoms with E-state index in [1.54, 1.807) is 28.8 Å². The van der Waals surface area contributed by atoms with E-state index >= 15 is 0 Å². The van der Waals surface area contributed by atoms with Crippen LogP contribution in [0.3, 0.4) is 0 Å². The maximum atomic E-state index is 13.8. The van der Waals surface area contributed by atoms with E-state index in [9.17, 15) is 10.1 Å². The first-order chi connectivity index (χ1) is 17.5. The smallest absolute Gasteiger partial charge is 0.269 e. The first-order valence-electron chi connectivity index (χ1n) is 11.4. The van der Waals surface area contributed by atoms with Crippen molar-refractivity contribution in [1.82, 2.24) is 4.90 Å². The van der Waals surface area contributed by atoms with Crippen molar-refractivity contribution in [1.29, 1.82) is 5.26 Å². The predicted molar refractivity (Wildman–Crippen MR) is 149 cm³/mol. The van der Waals surface area contributed by atoms with Crippen molar-refractivity contribution in [2.75, 3.05) is 29.5 Å². The predicted octanol–water partition coefficient (Wildman–Crippen LogP) is 5.75. The summed E-state index contributed by atoms with van der Waals surface area (Å²) in [6.45, 7) is 3.11. The molecule has 0 aliphatic carbocycles. The van der Waals surface area contributed by atoms with Crippen molar-refractivity contribution in [3.05, 3.63) is 87.8 Å². The monoisotopic (exact) mass is 512 g/mol. The lowest BCUT2D eigenvalue weighted by molar-refractivity contribution is -0.122. The summed E-state index contributed by atoms with van der Waals surface area (Å²) in [5, 5.41) is 14.2. The number of hydrogen-bond donors (Lipinski definition) is 2. The van der Waals surface area contributed by atoms with Crippen LogP contribution in [0.25, 0.3) is 0 Å². The van der Waals surface area contributed by atoms with E-state index in [1.165, 1.54) is 11.8 Å². The van der Waals surface area contributed by atoms with Crippen LogP contribution in [0, 0.1) is 11.3 Å². The van der Waals surface area contributed by atoms with Crippen LogP contribution < -0.4 is 16.0 Å². The van der Waals surface area contributed by atoms with Gasteiger partial charge in [0.1, 0.15) is 4.91 Å². The van der Waals surface area contributed by atoms with Crippen LogP contribution in [0.1, 0.15) is 18.1 Å². The molecule has 1 saturated heterocycles. The summed E-state index contributed by atoms with van der Waals surface area (Å²) >= 11 is 2.92. The van der Waals surface area contributed by atoms with Gasteiger partial charge in [0.25, 0.3) is 5.91 Å². The number of nitrogens with one attached hydrogen (secondary N) is 1. The first kappa shape index (κ1) is 23.9. The number of nitrogen functional groups attached to an aromatic ring is 1. The van der Waals surface area contributed by atoms with Gasteiger partial charge in [0.05, 0.1) is 40.3 Å². The van der Waals surface area contributed by atoms with Gasteiger partial charge in [0.2, 0.25) is 0 Å². The summed E-state index contributed by atoms with van der Waals surface area (Å²) in [7, 11) is 1.95. The van der Waals surface area contributed by atoms with Gasteiger partial charge in [-0.25, -0.2) is 4.99 Å². The Labute approximate surface area is 218 Å². The number of anilines is 3. The number of amidine groups is 1. The largest absolute Gasteiger partial charge is 0.399 e. The summed E-state index contributed by atoms with van der Waals surface area (Å²) < 4.78 is 0. The van der Waals surface area contributed by atoms with Crippen molar-refractivity contribution in [2.24, 2.45) is 4.99 Å². The number of aliphatic imine (C=N–C) groups is 1. The Morgan fingerprint density at radius 3 is 2.64 bits per heavy atom. The number of carbonyl (C=O) groups is 1. The van der Waals surface area contributed by atoms with Crippen molar-refractivity contribution < 1.29 is 4.79 Å². The summed E-state index contributed by atoms with van der Waals surface area (Å²) in [5.74, 6) is -0.0980. The zero-order chi connectivity index (χ0) is 25.2. The normalized spacial score (nSPS) is 18.0. The van der Waals surface area contributed by atoms with Crippen LogP contribution in [0.5, 0.6) is 0 Å². The maximum Gasteiger partial charge on any atom is 0.269 e. The lowest BCUT2D eigenvalue weighted by Crippen LogP contribution is -2.29. The van der Waals surface area contributed by atoms with Gasteiger partial charge in [-0.05, 0) is 60.6 Å². The molecule has 7 nitrogen and oxygen atoms in total. The molecule has 3 N–H and O–H groups in total. The van der Waals surface area contributed by atoms with Crippen LogP contribution in [-0.2, 0) is 11.3 Å². The van der Waals surface area contributed by atoms with E-state index < -0.39 is 0 Å². The Bertz CT molecular complexity index is 1440. The van der Waals surface area contributed by atoms with Crippen molar-refractivity contribution in [3.63, 3.8) is 0 Å². The third-order valence-electron chi connectivity index (χ3n) is 5.81. The number of nitrogens with zero attached hydrogens (tertiary/aromatic N) is 4. The fourth-order valence-electron chi connectivity index (χ4n) is 4.02. The van der Waals surface area contributed by atoms with Gasteiger partial charge in [0.15, 0.2) is 5.17 Å². The summed E-state index contributed by atoms with van der Waals surface area (Å²) in [6, 6.07) is 23.2. The summed E-state index contributed by atoms with van der Waals surface area (Å²) in [6.07, 6.45) is 0. The van der Waals surface area contributed by atoms with Crippen molar-refractivity contribution in [3.8, 4) is 6.07 Å². The fraction of sp³-hybridized carbons (Fsp3) is 0.148. The van der Waals surface area contributed by atoms with Crippen molar-refractivity contribution >= 4 is 57.3 Å². The highest BCUT2D eigenvalue weighted by Crippen LogP contribution is 2.51. The number of amides is 1. The first-order valence-corrected chi connectivity index (χ1v) is 13.1. The van der Waals surface area contributed by atoms with Gasteiger partial charge in [-0.1, -0.05) is 42.1 Å². The molecule has 5 rings (SSSR count). The van der Waals surface area contributed by atoms with Gasteiger partial charge in [-0.2, -0.15) is 5.26 Å². The van der Waals surface area contributed by atoms with Crippen LogP contribution in [0.15, 0.2) is 86.6 Å². The molecule has 3 aromatic rings. The minimum Gasteiger partial charge on any atom is -0.399 e. The molecule has 0 atom stereocenters. The number of thioether (sulfide) groups is 2. The average molecular weight is 513 g/mol. The van der Waals surface area contributed by atoms with Crippen LogP contribution >= 0.6 is 23.5 Å². The van der Waals surface area contributed by atoms with Gasteiger partial charge in [0, 0.05) is 24.2 Å². The zero-order valence-corrected chi connectivity index (χ0v) is 21.5. The molecule has 36 heavy (non-hydrogen) atoms. The second-order valence-electron chi connectivity index (χ2n) is 8.27. The molecule has 2 heterocycles. The lowest BCUT2D eigenvalue weighted by Gasteiger charge is -2.17. The Morgan fingerprint density at radius 2 is 1.89 bits per heavy atom. The molecule has 9 heteroatoms.